The lowest BCUT2D eigenvalue weighted by Gasteiger charge is -2.19. The van der Waals surface area contributed by atoms with Crippen LogP contribution in [0.3, 0.4) is 0 Å². The highest BCUT2D eigenvalue weighted by Crippen LogP contribution is 2.32. The number of carbonyl (C=O) groups excluding carboxylic acids is 2. The van der Waals surface area contributed by atoms with E-state index in [1.807, 2.05) is 0 Å². The number of amides is 2. The minimum Gasteiger partial charge on any atom is -0.497 e. The van der Waals surface area contributed by atoms with Gasteiger partial charge in [-0.05, 0) is 68.8 Å². The number of carbonyl (C=O) groups is 2. The summed E-state index contributed by atoms with van der Waals surface area (Å²) in [5.74, 6) is -0.329. The van der Waals surface area contributed by atoms with Crippen LogP contribution >= 0.6 is 0 Å². The van der Waals surface area contributed by atoms with E-state index in [4.69, 9.17) is 18.9 Å². The molecule has 2 aromatic carbocycles. The zero-order valence-corrected chi connectivity index (χ0v) is 23.8. The van der Waals surface area contributed by atoms with E-state index in [1.165, 1.54) is 45.6 Å². The number of alkyl carbamates (subject to hydrolysis) is 1. The molecule has 0 atom stereocenters. The Morgan fingerprint density at radius 3 is 2.20 bits per heavy atom. The largest absolute Gasteiger partial charge is 0.497 e. The molecule has 0 saturated heterocycles. The molecule has 1 aromatic heterocycles. The maximum atomic E-state index is 13.0. The van der Waals surface area contributed by atoms with Gasteiger partial charge in [0.2, 0.25) is 0 Å². The summed E-state index contributed by atoms with van der Waals surface area (Å²) in [4.78, 5) is 31.2. The lowest BCUT2D eigenvalue weighted by Crippen LogP contribution is -2.41. The van der Waals surface area contributed by atoms with Crippen molar-refractivity contribution in [1.82, 2.24) is 20.6 Å². The van der Waals surface area contributed by atoms with Gasteiger partial charge in [-0.15, -0.1) is 4.83 Å². The SMILES string of the molecule is COc1cc(C(=O)NNS(=O)(=O)c2c(OC)cccc2OC)cc(-c2cc(CNC(=O)OC(C)(C)C)ccn2)c1. The number of benzene rings is 2. The van der Waals surface area contributed by atoms with Crippen LogP contribution in [0.25, 0.3) is 11.3 Å². The average molecular weight is 573 g/mol. The van der Waals surface area contributed by atoms with Crippen LogP contribution in [0.5, 0.6) is 17.2 Å². The lowest BCUT2D eigenvalue weighted by molar-refractivity contribution is 0.0523. The van der Waals surface area contributed by atoms with Crippen LogP contribution in [-0.4, -0.2) is 52.3 Å². The van der Waals surface area contributed by atoms with Gasteiger partial charge in [-0.3, -0.25) is 15.2 Å². The van der Waals surface area contributed by atoms with Crippen LogP contribution in [0.15, 0.2) is 59.6 Å². The predicted octanol–water partition coefficient (Wildman–Crippen LogP) is 3.42. The van der Waals surface area contributed by atoms with E-state index in [-0.39, 0.29) is 28.5 Å². The summed E-state index contributed by atoms with van der Waals surface area (Å²) in [5, 5.41) is 2.69. The molecule has 2 amide bonds. The predicted molar refractivity (Wildman–Crippen MR) is 147 cm³/mol. The van der Waals surface area contributed by atoms with Gasteiger partial charge < -0.3 is 24.3 Å². The van der Waals surface area contributed by atoms with E-state index in [0.29, 0.717) is 17.0 Å². The van der Waals surface area contributed by atoms with Crippen molar-refractivity contribution in [2.24, 2.45) is 0 Å². The second-order valence-electron chi connectivity index (χ2n) is 9.41. The Morgan fingerprint density at radius 1 is 0.925 bits per heavy atom. The number of nitrogens with one attached hydrogen (secondary N) is 3. The minimum atomic E-state index is -4.28. The van der Waals surface area contributed by atoms with Crippen LogP contribution in [0.1, 0.15) is 36.7 Å². The second kappa shape index (κ2) is 12.7. The Balaban J connectivity index is 1.81. The molecule has 0 radical (unpaired) electrons. The van der Waals surface area contributed by atoms with Crippen molar-refractivity contribution in [3.63, 3.8) is 0 Å². The number of pyridine rings is 1. The fraction of sp³-hybridized carbons (Fsp3) is 0.296. The van der Waals surface area contributed by atoms with Crippen molar-refractivity contribution < 1.29 is 37.0 Å². The summed E-state index contributed by atoms with van der Waals surface area (Å²) < 4.78 is 46.9. The monoisotopic (exact) mass is 572 g/mol. The molecule has 12 nitrogen and oxygen atoms in total. The Labute approximate surface area is 233 Å². The molecule has 0 spiro atoms. The summed E-state index contributed by atoms with van der Waals surface area (Å²) >= 11 is 0. The summed E-state index contributed by atoms with van der Waals surface area (Å²) in [6.45, 7) is 5.51. The molecule has 0 aliphatic rings. The standard InChI is InChI=1S/C27H32N4O8S/c1-27(2,3)39-26(33)29-16-17-10-11-28-21(12-17)18-13-19(15-20(14-18)36-4)25(32)30-31-40(34,35)24-22(37-5)8-7-9-23(24)38-6/h7-15,31H,16H2,1-6H3,(H,29,33)(H,30,32). The fourth-order valence-corrected chi connectivity index (χ4v) is 4.71. The molecule has 0 unspecified atom stereocenters. The number of aromatic nitrogens is 1. The number of ether oxygens (including phenoxy) is 4. The first-order valence-corrected chi connectivity index (χ1v) is 13.5. The number of hydrazine groups is 1. The van der Waals surface area contributed by atoms with Crippen molar-refractivity contribution >= 4 is 22.0 Å². The van der Waals surface area contributed by atoms with E-state index >= 15 is 0 Å². The van der Waals surface area contributed by atoms with Crippen LogP contribution in [0, 0.1) is 0 Å². The molecule has 214 valence electrons. The van der Waals surface area contributed by atoms with Crippen LogP contribution in [-0.2, 0) is 21.3 Å². The van der Waals surface area contributed by atoms with Crippen LogP contribution in [0.4, 0.5) is 4.79 Å². The van der Waals surface area contributed by atoms with Gasteiger partial charge in [-0.1, -0.05) is 6.07 Å². The third-order valence-electron chi connectivity index (χ3n) is 5.31. The van der Waals surface area contributed by atoms with Gasteiger partial charge in [0.25, 0.3) is 15.9 Å². The normalized spacial score (nSPS) is 11.3. The zero-order chi connectivity index (χ0) is 29.5. The zero-order valence-electron chi connectivity index (χ0n) is 23.0. The van der Waals surface area contributed by atoms with Gasteiger partial charge in [-0.2, -0.15) is 0 Å². The second-order valence-corrected chi connectivity index (χ2v) is 11.0. The number of hydrogen-bond donors (Lipinski definition) is 3. The first-order chi connectivity index (χ1) is 18.9. The highest BCUT2D eigenvalue weighted by atomic mass is 32.2. The molecule has 40 heavy (non-hydrogen) atoms. The molecule has 1 heterocycles. The van der Waals surface area contributed by atoms with Gasteiger partial charge >= 0.3 is 6.09 Å². The van der Waals surface area contributed by atoms with E-state index in [0.717, 1.165) is 5.56 Å². The first kappa shape index (κ1) is 30.2. The van der Waals surface area contributed by atoms with Crippen molar-refractivity contribution in [3.05, 3.63) is 65.9 Å². The topological polar surface area (TPSA) is 154 Å². The van der Waals surface area contributed by atoms with Gasteiger partial charge in [0.1, 0.15) is 22.8 Å². The summed E-state index contributed by atoms with van der Waals surface area (Å²) in [5.41, 5.74) is 3.44. The molecule has 3 N–H and O–H groups in total. The molecular formula is C27H32N4O8S. The first-order valence-electron chi connectivity index (χ1n) is 12.0. The number of hydrogen-bond acceptors (Lipinski definition) is 9. The number of methoxy groups -OCH3 is 3. The highest BCUT2D eigenvalue weighted by Gasteiger charge is 2.25. The molecule has 0 aliphatic carbocycles. The average Bonchev–Trinajstić information content (AvgIpc) is 2.93. The molecule has 13 heteroatoms. The molecule has 0 bridgehead atoms. The smallest absolute Gasteiger partial charge is 0.407 e. The van der Waals surface area contributed by atoms with E-state index in [2.05, 4.69) is 20.6 Å². The Morgan fingerprint density at radius 2 is 1.60 bits per heavy atom. The van der Waals surface area contributed by atoms with Crippen molar-refractivity contribution in [2.45, 2.75) is 37.8 Å². The number of nitrogens with zero attached hydrogens (tertiary/aromatic N) is 1. The molecule has 3 aromatic rings. The Bertz CT molecular complexity index is 1460. The summed E-state index contributed by atoms with van der Waals surface area (Å²) in [7, 11) is -0.201. The number of rotatable bonds is 10. The third-order valence-corrected chi connectivity index (χ3v) is 6.62. The van der Waals surface area contributed by atoms with Gasteiger partial charge in [0.05, 0.1) is 27.0 Å². The quantitative estimate of drug-likeness (QED) is 0.310. The Kier molecular flexibility index (Phi) is 9.56. The highest BCUT2D eigenvalue weighted by molar-refractivity contribution is 7.89. The third kappa shape index (κ3) is 7.83. The summed E-state index contributed by atoms with van der Waals surface area (Å²) in [6, 6.07) is 12.6. The fourth-order valence-electron chi connectivity index (χ4n) is 3.55. The van der Waals surface area contributed by atoms with Crippen molar-refractivity contribution in [1.29, 1.82) is 0 Å². The van der Waals surface area contributed by atoms with Gasteiger partial charge in [-0.25, -0.2) is 13.2 Å². The Hall–Kier alpha value is -4.36. The van der Waals surface area contributed by atoms with Gasteiger partial charge in [0, 0.05) is 23.9 Å². The molecule has 0 fully saturated rings. The molecular weight excluding hydrogens is 540 g/mol. The molecule has 0 aliphatic heterocycles. The lowest BCUT2D eigenvalue weighted by atomic mass is 10.0. The molecule has 0 saturated carbocycles. The molecule has 3 rings (SSSR count). The summed E-state index contributed by atoms with van der Waals surface area (Å²) in [6.07, 6.45) is 1.01. The minimum absolute atomic E-state index is 0.0388. The maximum Gasteiger partial charge on any atom is 0.407 e. The van der Waals surface area contributed by atoms with E-state index in [9.17, 15) is 18.0 Å². The number of sulfonamides is 1. The van der Waals surface area contributed by atoms with Crippen molar-refractivity contribution in [2.75, 3.05) is 21.3 Å². The van der Waals surface area contributed by atoms with E-state index in [1.54, 1.807) is 51.2 Å². The van der Waals surface area contributed by atoms with Crippen molar-refractivity contribution in [3.8, 4) is 28.5 Å². The maximum absolute atomic E-state index is 13.0. The van der Waals surface area contributed by atoms with Crippen LogP contribution < -0.4 is 29.8 Å². The van der Waals surface area contributed by atoms with Gasteiger partial charge in [0.15, 0.2) is 4.90 Å². The van der Waals surface area contributed by atoms with Crippen LogP contribution in [0.2, 0.25) is 0 Å². The van der Waals surface area contributed by atoms with E-state index < -0.39 is 27.6 Å².